The lowest BCUT2D eigenvalue weighted by atomic mass is 10.2. The molecular formula is C16H35N3. The van der Waals surface area contributed by atoms with E-state index in [-0.39, 0.29) is 0 Å². The van der Waals surface area contributed by atoms with E-state index in [1.54, 1.807) is 0 Å². The van der Waals surface area contributed by atoms with Crippen LogP contribution in [0.15, 0.2) is 0 Å². The summed E-state index contributed by atoms with van der Waals surface area (Å²) in [6.45, 7) is 17.7. The quantitative estimate of drug-likeness (QED) is 0.615. The second-order valence-corrected chi connectivity index (χ2v) is 6.27. The van der Waals surface area contributed by atoms with Gasteiger partial charge in [0.1, 0.15) is 0 Å². The summed E-state index contributed by atoms with van der Waals surface area (Å²) in [4.78, 5) is 5.27. The zero-order valence-corrected chi connectivity index (χ0v) is 13.6. The Balaban J connectivity index is 2.02. The molecule has 0 aromatic heterocycles. The molecule has 3 heteroatoms. The Hall–Kier alpha value is -0.120. The van der Waals surface area contributed by atoms with Crippen molar-refractivity contribution >= 4 is 0 Å². The predicted octanol–water partition coefficient (Wildman–Crippen LogP) is 2.43. The molecule has 1 heterocycles. The van der Waals surface area contributed by atoms with Gasteiger partial charge in [-0.3, -0.25) is 4.90 Å². The van der Waals surface area contributed by atoms with Crippen LogP contribution in [0.1, 0.15) is 47.0 Å². The average molecular weight is 269 g/mol. The summed E-state index contributed by atoms with van der Waals surface area (Å²) in [6, 6.07) is 0.814. The van der Waals surface area contributed by atoms with Crippen LogP contribution in [0.3, 0.4) is 0 Å². The molecule has 0 bridgehead atoms. The van der Waals surface area contributed by atoms with Crippen molar-refractivity contribution in [1.29, 1.82) is 0 Å². The van der Waals surface area contributed by atoms with Crippen LogP contribution in [-0.4, -0.2) is 61.7 Å². The van der Waals surface area contributed by atoms with Gasteiger partial charge in [0.2, 0.25) is 0 Å². The number of rotatable bonds is 10. The molecule has 1 aliphatic heterocycles. The van der Waals surface area contributed by atoms with E-state index in [1.165, 1.54) is 58.5 Å². The van der Waals surface area contributed by atoms with Crippen molar-refractivity contribution in [2.75, 3.05) is 45.8 Å². The molecule has 0 radical (unpaired) electrons. The van der Waals surface area contributed by atoms with Crippen LogP contribution in [0.25, 0.3) is 0 Å². The summed E-state index contributed by atoms with van der Waals surface area (Å²) in [5.41, 5.74) is 0. The van der Waals surface area contributed by atoms with Crippen molar-refractivity contribution in [2.45, 2.75) is 53.0 Å². The molecule has 1 rings (SSSR count). The van der Waals surface area contributed by atoms with Crippen molar-refractivity contribution < 1.29 is 0 Å². The molecule has 1 fully saturated rings. The molecule has 0 aliphatic carbocycles. The van der Waals surface area contributed by atoms with E-state index < -0.39 is 0 Å². The minimum atomic E-state index is 0.772. The van der Waals surface area contributed by atoms with E-state index in [0.29, 0.717) is 0 Å². The Morgan fingerprint density at radius 3 is 2.58 bits per heavy atom. The first-order valence-electron chi connectivity index (χ1n) is 8.34. The van der Waals surface area contributed by atoms with Crippen LogP contribution >= 0.6 is 0 Å². The number of unbranched alkanes of at least 4 members (excludes halogenated alkanes) is 1. The highest BCUT2D eigenvalue weighted by Gasteiger charge is 2.25. The largest absolute Gasteiger partial charge is 0.316 e. The number of hydrogen-bond donors (Lipinski definition) is 1. The fourth-order valence-electron chi connectivity index (χ4n) is 3.03. The SMILES string of the molecule is CCN(CC)C1CCN(CCCCNCC(C)C)C1. The van der Waals surface area contributed by atoms with Gasteiger partial charge in [-0.2, -0.15) is 0 Å². The van der Waals surface area contributed by atoms with Gasteiger partial charge in [0.25, 0.3) is 0 Å². The molecule has 1 unspecified atom stereocenters. The van der Waals surface area contributed by atoms with Crippen molar-refractivity contribution in [3.63, 3.8) is 0 Å². The van der Waals surface area contributed by atoms with Crippen LogP contribution in [0, 0.1) is 5.92 Å². The molecule has 0 aromatic rings. The maximum absolute atomic E-state index is 3.53. The number of likely N-dealkylation sites (N-methyl/N-ethyl adjacent to an activating group) is 1. The minimum absolute atomic E-state index is 0.772. The molecule has 0 saturated carbocycles. The van der Waals surface area contributed by atoms with Gasteiger partial charge in [0.15, 0.2) is 0 Å². The molecule has 1 N–H and O–H groups in total. The fourth-order valence-corrected chi connectivity index (χ4v) is 3.03. The van der Waals surface area contributed by atoms with Gasteiger partial charge >= 0.3 is 0 Å². The van der Waals surface area contributed by atoms with Crippen LogP contribution in [0.2, 0.25) is 0 Å². The molecular weight excluding hydrogens is 234 g/mol. The van der Waals surface area contributed by atoms with Crippen LogP contribution in [0.4, 0.5) is 0 Å². The minimum Gasteiger partial charge on any atom is -0.316 e. The second kappa shape index (κ2) is 9.73. The monoisotopic (exact) mass is 269 g/mol. The summed E-state index contributed by atoms with van der Waals surface area (Å²) in [5.74, 6) is 0.772. The van der Waals surface area contributed by atoms with E-state index in [1.807, 2.05) is 0 Å². The Kier molecular flexibility index (Phi) is 8.67. The first kappa shape index (κ1) is 16.9. The van der Waals surface area contributed by atoms with Gasteiger partial charge in [-0.25, -0.2) is 0 Å². The number of hydrogen-bond acceptors (Lipinski definition) is 3. The standard InChI is InChI=1S/C16H35N3/c1-5-19(6-2)16-9-12-18(14-16)11-8-7-10-17-13-15(3)4/h15-17H,5-14H2,1-4H3. The lowest BCUT2D eigenvalue weighted by Crippen LogP contribution is -2.37. The average Bonchev–Trinajstić information content (AvgIpc) is 2.83. The summed E-state index contributed by atoms with van der Waals surface area (Å²) in [6.07, 6.45) is 4.03. The van der Waals surface area contributed by atoms with Gasteiger partial charge in [-0.1, -0.05) is 27.7 Å². The van der Waals surface area contributed by atoms with E-state index in [4.69, 9.17) is 0 Å². The summed E-state index contributed by atoms with van der Waals surface area (Å²) in [7, 11) is 0. The van der Waals surface area contributed by atoms with Gasteiger partial charge in [0.05, 0.1) is 0 Å². The van der Waals surface area contributed by atoms with Crippen LogP contribution in [0.5, 0.6) is 0 Å². The Labute approximate surface area is 120 Å². The number of nitrogens with one attached hydrogen (secondary N) is 1. The van der Waals surface area contributed by atoms with Gasteiger partial charge in [-0.15, -0.1) is 0 Å². The Morgan fingerprint density at radius 2 is 1.95 bits per heavy atom. The van der Waals surface area contributed by atoms with E-state index in [9.17, 15) is 0 Å². The first-order chi connectivity index (χ1) is 9.17. The molecule has 1 saturated heterocycles. The molecule has 1 aliphatic rings. The number of likely N-dealkylation sites (tertiary alicyclic amines) is 1. The van der Waals surface area contributed by atoms with Gasteiger partial charge < -0.3 is 10.2 Å². The molecule has 0 amide bonds. The number of nitrogens with zero attached hydrogens (tertiary/aromatic N) is 2. The molecule has 1 atom stereocenters. The highest BCUT2D eigenvalue weighted by Crippen LogP contribution is 2.15. The molecule has 3 nitrogen and oxygen atoms in total. The van der Waals surface area contributed by atoms with Gasteiger partial charge in [-0.05, 0) is 64.4 Å². The van der Waals surface area contributed by atoms with E-state index in [2.05, 4.69) is 42.8 Å². The lowest BCUT2D eigenvalue weighted by molar-refractivity contribution is 0.210. The third-order valence-corrected chi connectivity index (χ3v) is 4.21. The van der Waals surface area contributed by atoms with Gasteiger partial charge in [0, 0.05) is 12.6 Å². The van der Waals surface area contributed by atoms with Crippen molar-refractivity contribution in [3.8, 4) is 0 Å². The molecule has 19 heavy (non-hydrogen) atoms. The Bertz CT molecular complexity index is 214. The molecule has 0 aromatic carbocycles. The maximum atomic E-state index is 3.53. The van der Waals surface area contributed by atoms with Crippen molar-refractivity contribution in [1.82, 2.24) is 15.1 Å². The summed E-state index contributed by atoms with van der Waals surface area (Å²) >= 11 is 0. The predicted molar refractivity (Wildman–Crippen MR) is 84.7 cm³/mol. The maximum Gasteiger partial charge on any atom is 0.0235 e. The van der Waals surface area contributed by atoms with Crippen molar-refractivity contribution in [3.05, 3.63) is 0 Å². The lowest BCUT2D eigenvalue weighted by Gasteiger charge is -2.26. The molecule has 114 valence electrons. The summed E-state index contributed by atoms with van der Waals surface area (Å²) < 4.78 is 0. The topological polar surface area (TPSA) is 18.5 Å². The highest BCUT2D eigenvalue weighted by atomic mass is 15.2. The second-order valence-electron chi connectivity index (χ2n) is 6.27. The molecule has 0 spiro atoms. The fraction of sp³-hybridized carbons (Fsp3) is 1.00. The van der Waals surface area contributed by atoms with Crippen LogP contribution in [-0.2, 0) is 0 Å². The summed E-state index contributed by atoms with van der Waals surface area (Å²) in [5, 5.41) is 3.53. The van der Waals surface area contributed by atoms with Crippen LogP contribution < -0.4 is 5.32 Å². The zero-order chi connectivity index (χ0) is 14.1. The van der Waals surface area contributed by atoms with E-state index >= 15 is 0 Å². The normalized spacial score (nSPS) is 20.8. The third-order valence-electron chi connectivity index (χ3n) is 4.21. The van der Waals surface area contributed by atoms with Crippen molar-refractivity contribution in [2.24, 2.45) is 5.92 Å². The first-order valence-corrected chi connectivity index (χ1v) is 8.34. The van der Waals surface area contributed by atoms with E-state index in [0.717, 1.165) is 18.5 Å². The Morgan fingerprint density at radius 1 is 1.21 bits per heavy atom. The smallest absolute Gasteiger partial charge is 0.0235 e. The highest BCUT2D eigenvalue weighted by molar-refractivity contribution is 4.82. The third kappa shape index (κ3) is 6.73. The zero-order valence-electron chi connectivity index (χ0n) is 13.6.